The lowest BCUT2D eigenvalue weighted by atomic mass is 9.65. The van der Waals surface area contributed by atoms with Gasteiger partial charge in [0.1, 0.15) is 0 Å². The number of rotatable bonds is 1. The van der Waals surface area contributed by atoms with E-state index in [0.29, 0.717) is 5.92 Å². The molecule has 1 aromatic carbocycles. The highest BCUT2D eigenvalue weighted by Crippen LogP contribution is 2.46. The quantitative estimate of drug-likeness (QED) is 0.571. The van der Waals surface area contributed by atoms with Crippen LogP contribution in [0.25, 0.3) is 10.9 Å². The lowest BCUT2D eigenvalue weighted by Gasteiger charge is -2.40. The van der Waals surface area contributed by atoms with Gasteiger partial charge in [-0.05, 0) is 35.1 Å². The molecule has 1 nitrogen and oxygen atoms in total. The van der Waals surface area contributed by atoms with Crippen LogP contribution >= 0.6 is 11.6 Å². The number of benzene rings is 1. The standard InChI is InChI=1S/C18H24ClN.CH4/c1-17(2,3)16(18(4,5)6)15-11-10-12-13(19)8-7-9-14(12)20-15;/h7-11,16H,1-6H3;1H4. The molecule has 2 rings (SSSR count). The number of nitrogens with zero attached hydrogens (tertiary/aromatic N) is 1. The van der Waals surface area contributed by atoms with Gasteiger partial charge in [-0.2, -0.15) is 0 Å². The summed E-state index contributed by atoms with van der Waals surface area (Å²) >= 11 is 6.23. The van der Waals surface area contributed by atoms with E-state index in [1.165, 1.54) is 0 Å². The molecule has 0 aliphatic heterocycles. The van der Waals surface area contributed by atoms with Crippen LogP contribution in [0.1, 0.15) is 60.6 Å². The van der Waals surface area contributed by atoms with E-state index in [1.54, 1.807) is 0 Å². The number of fused-ring (bicyclic) bond motifs is 1. The minimum atomic E-state index is 0. The zero-order valence-corrected chi connectivity index (χ0v) is 14.0. The number of aromatic nitrogens is 1. The molecule has 2 aromatic rings. The second-order valence-electron chi connectivity index (χ2n) is 7.71. The van der Waals surface area contributed by atoms with Crippen molar-refractivity contribution >= 4 is 22.5 Å². The van der Waals surface area contributed by atoms with Crippen molar-refractivity contribution < 1.29 is 0 Å². The maximum Gasteiger partial charge on any atom is 0.0720 e. The third-order valence-corrected chi connectivity index (χ3v) is 4.06. The molecule has 0 aliphatic carbocycles. The molecule has 0 aliphatic rings. The van der Waals surface area contributed by atoms with E-state index in [2.05, 4.69) is 53.7 Å². The summed E-state index contributed by atoms with van der Waals surface area (Å²) in [6.07, 6.45) is 0. The Morgan fingerprint density at radius 1 is 0.905 bits per heavy atom. The summed E-state index contributed by atoms with van der Waals surface area (Å²) in [5, 5.41) is 1.80. The van der Waals surface area contributed by atoms with Crippen LogP contribution in [0.4, 0.5) is 0 Å². The SMILES string of the molecule is C.CC(C)(C)C(c1ccc2c(Cl)cccc2n1)C(C)(C)C. The van der Waals surface area contributed by atoms with E-state index in [-0.39, 0.29) is 18.3 Å². The van der Waals surface area contributed by atoms with E-state index in [9.17, 15) is 0 Å². The minimum Gasteiger partial charge on any atom is -0.252 e. The predicted molar refractivity (Wildman–Crippen MR) is 95.1 cm³/mol. The van der Waals surface area contributed by atoms with Gasteiger partial charge in [-0.3, -0.25) is 4.98 Å². The molecule has 0 bridgehead atoms. The van der Waals surface area contributed by atoms with E-state index < -0.39 is 0 Å². The summed E-state index contributed by atoms with van der Waals surface area (Å²) in [6.45, 7) is 13.7. The summed E-state index contributed by atoms with van der Waals surface area (Å²) in [5.41, 5.74) is 2.46. The molecular weight excluding hydrogens is 278 g/mol. The number of pyridine rings is 1. The van der Waals surface area contributed by atoms with Crippen LogP contribution in [0.3, 0.4) is 0 Å². The molecule has 0 radical (unpaired) electrons. The summed E-state index contributed by atoms with van der Waals surface area (Å²) < 4.78 is 0. The maximum atomic E-state index is 6.23. The van der Waals surface area contributed by atoms with Crippen LogP contribution in [-0.4, -0.2) is 4.98 Å². The van der Waals surface area contributed by atoms with Gasteiger partial charge in [0, 0.05) is 22.0 Å². The minimum absolute atomic E-state index is 0. The Bertz CT molecular complexity index is 603. The largest absolute Gasteiger partial charge is 0.252 e. The first-order valence-corrected chi connectivity index (χ1v) is 7.53. The van der Waals surface area contributed by atoms with E-state index in [1.807, 2.05) is 18.2 Å². The summed E-state index contributed by atoms with van der Waals surface area (Å²) in [6, 6.07) is 10.1. The van der Waals surface area contributed by atoms with Crippen LogP contribution in [0.5, 0.6) is 0 Å². The zero-order valence-electron chi connectivity index (χ0n) is 13.3. The van der Waals surface area contributed by atoms with Gasteiger partial charge in [0.2, 0.25) is 0 Å². The van der Waals surface area contributed by atoms with E-state index in [0.717, 1.165) is 21.6 Å². The Morgan fingerprint density at radius 3 is 2.00 bits per heavy atom. The molecule has 0 amide bonds. The molecule has 0 saturated carbocycles. The van der Waals surface area contributed by atoms with Gasteiger partial charge in [-0.1, -0.05) is 66.6 Å². The van der Waals surface area contributed by atoms with Crippen molar-refractivity contribution in [2.75, 3.05) is 0 Å². The van der Waals surface area contributed by atoms with Gasteiger partial charge >= 0.3 is 0 Å². The number of hydrogen-bond donors (Lipinski definition) is 0. The van der Waals surface area contributed by atoms with Crippen LogP contribution in [-0.2, 0) is 0 Å². The topological polar surface area (TPSA) is 12.9 Å². The smallest absolute Gasteiger partial charge is 0.0720 e. The van der Waals surface area contributed by atoms with Gasteiger partial charge in [0.25, 0.3) is 0 Å². The van der Waals surface area contributed by atoms with Crippen LogP contribution in [0.15, 0.2) is 30.3 Å². The first-order valence-electron chi connectivity index (χ1n) is 7.16. The van der Waals surface area contributed by atoms with Gasteiger partial charge in [-0.25, -0.2) is 0 Å². The third-order valence-electron chi connectivity index (χ3n) is 3.73. The van der Waals surface area contributed by atoms with Gasteiger partial charge in [0.15, 0.2) is 0 Å². The first-order chi connectivity index (χ1) is 9.10. The number of hydrogen-bond acceptors (Lipinski definition) is 1. The van der Waals surface area contributed by atoms with Crippen LogP contribution in [0, 0.1) is 10.8 Å². The second kappa shape index (κ2) is 5.96. The van der Waals surface area contributed by atoms with Crippen molar-refractivity contribution in [1.82, 2.24) is 4.98 Å². The van der Waals surface area contributed by atoms with Crippen molar-refractivity contribution in [2.24, 2.45) is 10.8 Å². The molecular formula is C19H28ClN. The molecule has 21 heavy (non-hydrogen) atoms. The maximum absolute atomic E-state index is 6.23. The Hall–Kier alpha value is -1.08. The molecule has 0 saturated heterocycles. The fourth-order valence-electron chi connectivity index (χ4n) is 3.48. The highest BCUT2D eigenvalue weighted by molar-refractivity contribution is 6.35. The third kappa shape index (κ3) is 3.77. The summed E-state index contributed by atoms with van der Waals surface area (Å²) in [4.78, 5) is 4.88. The van der Waals surface area contributed by atoms with E-state index >= 15 is 0 Å². The fraction of sp³-hybridized carbons (Fsp3) is 0.526. The average molecular weight is 306 g/mol. The Labute approximate surface area is 134 Å². The number of halogens is 1. The van der Waals surface area contributed by atoms with Crippen LogP contribution in [0.2, 0.25) is 5.02 Å². The van der Waals surface area contributed by atoms with Crippen molar-refractivity contribution in [1.29, 1.82) is 0 Å². The molecule has 0 N–H and O–H groups in total. The molecule has 1 aromatic heterocycles. The monoisotopic (exact) mass is 305 g/mol. The van der Waals surface area contributed by atoms with Gasteiger partial charge in [0.05, 0.1) is 5.52 Å². The normalized spacial score (nSPS) is 12.6. The predicted octanol–water partition coefficient (Wildman–Crippen LogP) is 6.70. The van der Waals surface area contributed by atoms with Crippen molar-refractivity contribution in [3.63, 3.8) is 0 Å². The first kappa shape index (κ1) is 18.0. The lowest BCUT2D eigenvalue weighted by Crippen LogP contribution is -2.31. The molecule has 2 heteroatoms. The van der Waals surface area contributed by atoms with Crippen molar-refractivity contribution in [3.05, 3.63) is 41.0 Å². The fourth-order valence-corrected chi connectivity index (χ4v) is 3.71. The van der Waals surface area contributed by atoms with Crippen molar-refractivity contribution in [2.45, 2.75) is 54.9 Å². The Kier molecular flexibility index (Phi) is 5.10. The highest BCUT2D eigenvalue weighted by atomic mass is 35.5. The molecule has 0 fully saturated rings. The highest BCUT2D eigenvalue weighted by Gasteiger charge is 2.37. The summed E-state index contributed by atoms with van der Waals surface area (Å²) in [7, 11) is 0. The van der Waals surface area contributed by atoms with Gasteiger partial charge < -0.3 is 0 Å². The second-order valence-corrected chi connectivity index (χ2v) is 8.11. The Morgan fingerprint density at radius 2 is 1.48 bits per heavy atom. The van der Waals surface area contributed by atoms with E-state index in [4.69, 9.17) is 16.6 Å². The molecule has 0 spiro atoms. The van der Waals surface area contributed by atoms with Crippen LogP contribution < -0.4 is 0 Å². The summed E-state index contributed by atoms with van der Waals surface area (Å²) in [5.74, 6) is 0.387. The molecule has 0 atom stereocenters. The van der Waals surface area contributed by atoms with Gasteiger partial charge in [-0.15, -0.1) is 0 Å². The molecule has 116 valence electrons. The Balaban J connectivity index is 0.00000220. The molecule has 1 heterocycles. The average Bonchev–Trinajstić information content (AvgIpc) is 2.25. The lowest BCUT2D eigenvalue weighted by molar-refractivity contribution is 0.172. The zero-order chi connectivity index (χ0) is 15.1. The molecule has 0 unspecified atom stereocenters. The van der Waals surface area contributed by atoms with Crippen molar-refractivity contribution in [3.8, 4) is 0 Å².